The lowest BCUT2D eigenvalue weighted by atomic mass is 10.1. The van der Waals surface area contributed by atoms with Gasteiger partial charge in [-0.1, -0.05) is 23.9 Å². The van der Waals surface area contributed by atoms with E-state index in [1.165, 1.54) is 36.1 Å². The number of amides is 1. The second kappa shape index (κ2) is 9.13. The summed E-state index contributed by atoms with van der Waals surface area (Å²) in [4.78, 5) is 20.9. The summed E-state index contributed by atoms with van der Waals surface area (Å²) in [6, 6.07) is 12.2. The van der Waals surface area contributed by atoms with E-state index >= 15 is 0 Å². The largest absolute Gasteiger partial charge is 0.497 e. The van der Waals surface area contributed by atoms with Crippen LogP contribution >= 0.6 is 23.3 Å². The first-order valence-electron chi connectivity index (χ1n) is 9.20. The zero-order valence-corrected chi connectivity index (χ0v) is 18.1. The SMILES string of the molecule is COc1ccc(-c2nsc3c(SCC(=O)Nc4ccccc4C(F)(F)F)ncnc23)cc1. The van der Waals surface area contributed by atoms with Gasteiger partial charge in [0.05, 0.1) is 24.1 Å². The Morgan fingerprint density at radius 3 is 2.59 bits per heavy atom. The van der Waals surface area contributed by atoms with Crippen LogP contribution in [0.1, 0.15) is 5.56 Å². The van der Waals surface area contributed by atoms with Gasteiger partial charge in [-0.3, -0.25) is 4.79 Å². The Balaban J connectivity index is 1.51. The van der Waals surface area contributed by atoms with Crippen molar-refractivity contribution in [3.05, 3.63) is 60.4 Å². The lowest BCUT2D eigenvalue weighted by Gasteiger charge is -2.13. The minimum atomic E-state index is -4.56. The number of ether oxygens (including phenoxy) is 1. The molecule has 0 unspecified atom stereocenters. The number of rotatable bonds is 6. The molecule has 0 fully saturated rings. The van der Waals surface area contributed by atoms with E-state index in [4.69, 9.17) is 4.74 Å². The minimum Gasteiger partial charge on any atom is -0.497 e. The summed E-state index contributed by atoms with van der Waals surface area (Å²) in [7, 11) is 1.59. The molecule has 11 heteroatoms. The van der Waals surface area contributed by atoms with Crippen molar-refractivity contribution in [1.29, 1.82) is 0 Å². The van der Waals surface area contributed by atoms with Crippen molar-refractivity contribution in [2.75, 3.05) is 18.2 Å². The van der Waals surface area contributed by atoms with E-state index in [0.717, 1.165) is 29.1 Å². The fraction of sp³-hybridized carbons (Fsp3) is 0.143. The van der Waals surface area contributed by atoms with Crippen LogP contribution in [-0.4, -0.2) is 33.1 Å². The monoisotopic (exact) mass is 476 g/mol. The van der Waals surface area contributed by atoms with Gasteiger partial charge in [0.1, 0.15) is 33.0 Å². The van der Waals surface area contributed by atoms with E-state index in [0.29, 0.717) is 20.9 Å². The molecule has 6 nitrogen and oxygen atoms in total. The number of nitrogens with zero attached hydrogens (tertiary/aromatic N) is 3. The van der Waals surface area contributed by atoms with Crippen molar-refractivity contribution in [2.45, 2.75) is 11.2 Å². The smallest absolute Gasteiger partial charge is 0.418 e. The maximum Gasteiger partial charge on any atom is 0.418 e. The molecule has 0 aliphatic carbocycles. The van der Waals surface area contributed by atoms with E-state index in [-0.39, 0.29) is 11.4 Å². The number of thioether (sulfide) groups is 1. The molecule has 4 rings (SSSR count). The van der Waals surface area contributed by atoms with Gasteiger partial charge >= 0.3 is 6.18 Å². The first-order chi connectivity index (χ1) is 15.4. The molecule has 0 bridgehead atoms. The number of aromatic nitrogens is 3. The molecule has 2 heterocycles. The number of carbonyl (C=O) groups excluding carboxylic acids is 1. The molecular formula is C21H15F3N4O2S2. The van der Waals surface area contributed by atoms with Crippen LogP contribution in [0.5, 0.6) is 5.75 Å². The molecule has 2 aromatic heterocycles. The summed E-state index contributed by atoms with van der Waals surface area (Å²) in [6.45, 7) is 0. The van der Waals surface area contributed by atoms with Crippen molar-refractivity contribution in [1.82, 2.24) is 14.3 Å². The number of fused-ring (bicyclic) bond motifs is 1. The Bertz CT molecular complexity index is 1260. The van der Waals surface area contributed by atoms with Gasteiger partial charge in [0, 0.05) is 5.56 Å². The number of hydrogen-bond donors (Lipinski definition) is 1. The van der Waals surface area contributed by atoms with Crippen molar-refractivity contribution < 1.29 is 22.7 Å². The fourth-order valence-corrected chi connectivity index (χ4v) is 4.66. The number of methoxy groups -OCH3 is 1. The standard InChI is InChI=1S/C21H15F3N4O2S2/c1-30-13-8-6-12(7-9-13)17-18-19(32-28-17)20(26-11-25-18)31-10-16(29)27-15-5-3-2-4-14(15)21(22,23)24/h2-9,11H,10H2,1H3,(H,27,29). The minimum absolute atomic E-state index is 0.117. The molecule has 0 aliphatic rings. The molecule has 0 saturated heterocycles. The van der Waals surface area contributed by atoms with Crippen LogP contribution in [0.4, 0.5) is 18.9 Å². The molecule has 0 radical (unpaired) electrons. The number of benzene rings is 2. The van der Waals surface area contributed by atoms with Gasteiger partial charge in [-0.25, -0.2) is 9.97 Å². The fourth-order valence-electron chi connectivity index (χ4n) is 2.94. The molecular weight excluding hydrogens is 461 g/mol. The summed E-state index contributed by atoms with van der Waals surface area (Å²) in [5.74, 6) is 0.0317. The molecule has 0 aliphatic heterocycles. The van der Waals surface area contributed by atoms with Crippen LogP contribution in [0.15, 0.2) is 59.9 Å². The average Bonchev–Trinajstić information content (AvgIpc) is 3.22. The third-order valence-electron chi connectivity index (χ3n) is 4.43. The number of halogens is 3. The highest BCUT2D eigenvalue weighted by Gasteiger charge is 2.33. The van der Waals surface area contributed by atoms with E-state index in [9.17, 15) is 18.0 Å². The molecule has 32 heavy (non-hydrogen) atoms. The third kappa shape index (κ3) is 4.68. The summed E-state index contributed by atoms with van der Waals surface area (Å²) in [5, 5.41) is 2.86. The van der Waals surface area contributed by atoms with E-state index in [1.54, 1.807) is 7.11 Å². The lowest BCUT2D eigenvalue weighted by Crippen LogP contribution is -2.18. The number of carbonyl (C=O) groups is 1. The summed E-state index contributed by atoms with van der Waals surface area (Å²) >= 11 is 2.31. The Hall–Kier alpha value is -3.18. The first kappa shape index (κ1) is 22.0. The Morgan fingerprint density at radius 1 is 1.12 bits per heavy atom. The van der Waals surface area contributed by atoms with Crippen molar-refractivity contribution in [3.8, 4) is 17.0 Å². The molecule has 4 aromatic rings. The topological polar surface area (TPSA) is 77.0 Å². The first-order valence-corrected chi connectivity index (χ1v) is 11.0. The van der Waals surface area contributed by atoms with Crippen LogP contribution in [0.2, 0.25) is 0 Å². The van der Waals surface area contributed by atoms with Gasteiger partial charge in [-0.05, 0) is 47.9 Å². The summed E-state index contributed by atoms with van der Waals surface area (Å²) in [5.41, 5.74) is 1.00. The number of anilines is 1. The van der Waals surface area contributed by atoms with Crippen LogP contribution in [0.3, 0.4) is 0 Å². The van der Waals surface area contributed by atoms with Crippen molar-refractivity contribution in [2.24, 2.45) is 0 Å². The van der Waals surface area contributed by atoms with Gasteiger partial charge in [-0.15, -0.1) is 0 Å². The van der Waals surface area contributed by atoms with Crippen LogP contribution < -0.4 is 10.1 Å². The number of hydrogen-bond acceptors (Lipinski definition) is 7. The van der Waals surface area contributed by atoms with E-state index in [1.807, 2.05) is 24.3 Å². The Morgan fingerprint density at radius 2 is 1.88 bits per heavy atom. The molecule has 2 aromatic carbocycles. The Kier molecular flexibility index (Phi) is 6.28. The van der Waals surface area contributed by atoms with Gasteiger partial charge in [-0.2, -0.15) is 17.5 Å². The second-order valence-corrected chi connectivity index (χ2v) is 8.23. The predicted octanol–water partition coefficient (Wildman–Crippen LogP) is 5.51. The summed E-state index contributed by atoms with van der Waals surface area (Å²) < 4.78 is 49.7. The van der Waals surface area contributed by atoms with E-state index < -0.39 is 17.6 Å². The van der Waals surface area contributed by atoms with Crippen LogP contribution in [-0.2, 0) is 11.0 Å². The normalized spacial score (nSPS) is 11.5. The quantitative estimate of drug-likeness (QED) is 0.292. The van der Waals surface area contributed by atoms with Gasteiger partial charge in [0.25, 0.3) is 0 Å². The zero-order chi connectivity index (χ0) is 22.7. The lowest BCUT2D eigenvalue weighted by molar-refractivity contribution is -0.137. The average molecular weight is 477 g/mol. The van der Waals surface area contributed by atoms with Crippen LogP contribution in [0, 0.1) is 0 Å². The third-order valence-corrected chi connectivity index (χ3v) is 6.40. The number of nitrogens with one attached hydrogen (secondary N) is 1. The zero-order valence-electron chi connectivity index (χ0n) is 16.5. The van der Waals surface area contributed by atoms with E-state index in [2.05, 4.69) is 19.7 Å². The molecule has 164 valence electrons. The highest BCUT2D eigenvalue weighted by Crippen LogP contribution is 2.36. The van der Waals surface area contributed by atoms with Gasteiger partial charge < -0.3 is 10.1 Å². The van der Waals surface area contributed by atoms with Crippen LogP contribution in [0.25, 0.3) is 21.5 Å². The maximum atomic E-state index is 13.1. The van der Waals surface area contributed by atoms with Crippen molar-refractivity contribution >= 4 is 45.1 Å². The molecule has 0 saturated carbocycles. The molecule has 1 N–H and O–H groups in total. The van der Waals surface area contributed by atoms with Gasteiger partial charge in [0.15, 0.2) is 0 Å². The number of alkyl halides is 3. The van der Waals surface area contributed by atoms with Crippen molar-refractivity contribution in [3.63, 3.8) is 0 Å². The highest BCUT2D eigenvalue weighted by molar-refractivity contribution is 8.00. The highest BCUT2D eigenvalue weighted by atomic mass is 32.2. The maximum absolute atomic E-state index is 13.1. The molecule has 0 atom stereocenters. The molecule has 1 amide bonds. The second-order valence-electron chi connectivity index (χ2n) is 6.50. The number of para-hydroxylation sites is 1. The predicted molar refractivity (Wildman–Crippen MR) is 118 cm³/mol. The summed E-state index contributed by atoms with van der Waals surface area (Å²) in [6.07, 6.45) is -3.18. The van der Waals surface area contributed by atoms with Gasteiger partial charge in [0.2, 0.25) is 5.91 Å². The Labute approximate surface area is 189 Å². The molecule has 0 spiro atoms.